The summed E-state index contributed by atoms with van der Waals surface area (Å²) in [5.41, 5.74) is 0.142. The minimum absolute atomic E-state index is 0.0345. The maximum atomic E-state index is 13.1. The van der Waals surface area contributed by atoms with E-state index in [0.717, 1.165) is 31.3 Å². The highest BCUT2D eigenvalue weighted by Crippen LogP contribution is 2.32. The Hall–Kier alpha value is -3.42. The minimum Gasteiger partial charge on any atom is -0.404 e. The standard InChI is InChI=1S/C25H29F3N6O3S/c1-3-19(34-13-11-33(2)12-14-34)23(36)31-18-15-17(9-10-20(18)37-25(26,27)28)22(35)32-24(30)38-21(29)16-7-5-4-6-8-16/h4-10,15,19,29H,3,11-14H2,1-2H3,(H,31,36)(H2,30,32,35)/t19-/m1/s1. The summed E-state index contributed by atoms with van der Waals surface area (Å²) in [4.78, 5) is 29.9. The van der Waals surface area contributed by atoms with Crippen molar-refractivity contribution >= 4 is 39.5 Å². The fourth-order valence-corrected chi connectivity index (χ4v) is 4.49. The van der Waals surface area contributed by atoms with Gasteiger partial charge in [-0.1, -0.05) is 37.3 Å². The monoisotopic (exact) mass is 550 g/mol. The summed E-state index contributed by atoms with van der Waals surface area (Å²) in [7, 11) is 1.97. The molecule has 9 nitrogen and oxygen atoms in total. The molecule has 0 unspecified atom stereocenters. The summed E-state index contributed by atoms with van der Waals surface area (Å²) in [6.07, 6.45) is -4.58. The van der Waals surface area contributed by atoms with Gasteiger partial charge in [-0.3, -0.25) is 25.3 Å². The quantitative estimate of drug-likeness (QED) is 0.306. The molecule has 2 aromatic rings. The van der Waals surface area contributed by atoms with E-state index in [2.05, 4.69) is 20.3 Å². The zero-order chi connectivity index (χ0) is 27.9. The van der Waals surface area contributed by atoms with Gasteiger partial charge in [0, 0.05) is 37.3 Å². The van der Waals surface area contributed by atoms with Gasteiger partial charge in [-0.15, -0.1) is 13.2 Å². The second-order valence-electron chi connectivity index (χ2n) is 8.59. The first-order chi connectivity index (χ1) is 18.0. The number of likely N-dealkylation sites (N-methyl/N-ethyl adjacent to an activating group) is 1. The van der Waals surface area contributed by atoms with E-state index in [1.165, 1.54) is 0 Å². The Bertz CT molecular complexity index is 1170. The van der Waals surface area contributed by atoms with Gasteiger partial charge in [-0.05, 0) is 43.4 Å². The summed E-state index contributed by atoms with van der Waals surface area (Å²) in [6.45, 7) is 4.60. The van der Waals surface area contributed by atoms with Gasteiger partial charge in [0.05, 0.1) is 11.7 Å². The third-order valence-electron chi connectivity index (χ3n) is 5.86. The van der Waals surface area contributed by atoms with Crippen molar-refractivity contribution in [1.29, 1.82) is 10.8 Å². The number of amidine groups is 1. The molecule has 0 bridgehead atoms. The number of alkyl halides is 3. The van der Waals surface area contributed by atoms with E-state index in [1.807, 2.05) is 18.9 Å². The number of amides is 2. The number of nitrogens with one attached hydrogen (secondary N) is 4. The lowest BCUT2D eigenvalue weighted by atomic mass is 10.1. The number of benzene rings is 2. The molecule has 4 N–H and O–H groups in total. The molecule has 1 saturated heterocycles. The molecule has 0 aliphatic carbocycles. The summed E-state index contributed by atoms with van der Waals surface area (Å²) in [5.74, 6) is -1.96. The molecule has 38 heavy (non-hydrogen) atoms. The number of rotatable bonds is 7. The number of hydrogen-bond acceptors (Lipinski definition) is 8. The summed E-state index contributed by atoms with van der Waals surface area (Å²) in [6, 6.07) is 11.2. The van der Waals surface area contributed by atoms with Gasteiger partial charge in [0.1, 0.15) is 5.04 Å². The molecule has 3 rings (SSSR count). The molecule has 0 radical (unpaired) electrons. The van der Waals surface area contributed by atoms with Crippen LogP contribution in [0, 0.1) is 10.8 Å². The molecule has 1 heterocycles. The molecule has 13 heteroatoms. The highest BCUT2D eigenvalue weighted by molar-refractivity contribution is 8.26. The Kier molecular flexibility index (Phi) is 9.89. The van der Waals surface area contributed by atoms with Crippen molar-refractivity contribution < 1.29 is 27.5 Å². The Morgan fingerprint density at radius 1 is 1.05 bits per heavy atom. The summed E-state index contributed by atoms with van der Waals surface area (Å²) < 4.78 is 43.2. The van der Waals surface area contributed by atoms with Crippen LogP contribution in [-0.2, 0) is 4.79 Å². The first-order valence-electron chi connectivity index (χ1n) is 11.8. The van der Waals surface area contributed by atoms with Gasteiger partial charge in [0.2, 0.25) is 5.91 Å². The van der Waals surface area contributed by atoms with Crippen molar-refractivity contribution in [3.8, 4) is 5.75 Å². The van der Waals surface area contributed by atoms with Crippen molar-refractivity contribution in [3.63, 3.8) is 0 Å². The van der Waals surface area contributed by atoms with Crippen molar-refractivity contribution in [2.24, 2.45) is 0 Å². The van der Waals surface area contributed by atoms with E-state index >= 15 is 0 Å². The largest absolute Gasteiger partial charge is 0.573 e. The molecule has 1 aliphatic heterocycles. The number of thioether (sulfide) groups is 1. The van der Waals surface area contributed by atoms with Crippen LogP contribution in [0.2, 0.25) is 0 Å². The first kappa shape index (κ1) is 29.1. The van der Waals surface area contributed by atoms with Crippen LogP contribution in [0.15, 0.2) is 48.5 Å². The number of piperazine rings is 1. The second kappa shape index (κ2) is 12.9. The Balaban J connectivity index is 1.75. The van der Waals surface area contributed by atoms with Crippen LogP contribution in [-0.4, -0.2) is 77.5 Å². The molecule has 1 fully saturated rings. The fraction of sp³-hybridized carbons (Fsp3) is 0.360. The van der Waals surface area contributed by atoms with Gasteiger partial charge in [-0.25, -0.2) is 0 Å². The predicted octanol–water partition coefficient (Wildman–Crippen LogP) is 3.97. The van der Waals surface area contributed by atoms with Crippen LogP contribution < -0.4 is 15.4 Å². The molecule has 1 aliphatic rings. The number of halogens is 3. The predicted molar refractivity (Wildman–Crippen MR) is 141 cm³/mol. The van der Waals surface area contributed by atoms with Crippen LogP contribution in [0.1, 0.15) is 29.3 Å². The Labute approximate surface area is 222 Å². The summed E-state index contributed by atoms with van der Waals surface area (Å²) in [5, 5.41) is 20.6. The average Bonchev–Trinajstić information content (AvgIpc) is 2.86. The van der Waals surface area contributed by atoms with Crippen molar-refractivity contribution in [2.45, 2.75) is 25.7 Å². The molecule has 1 atom stereocenters. The average molecular weight is 551 g/mol. The molecular weight excluding hydrogens is 521 g/mol. The third-order valence-corrected chi connectivity index (χ3v) is 6.61. The molecule has 2 amide bonds. The zero-order valence-electron chi connectivity index (χ0n) is 20.9. The number of nitrogens with zero attached hydrogens (tertiary/aromatic N) is 2. The zero-order valence-corrected chi connectivity index (χ0v) is 21.7. The second-order valence-corrected chi connectivity index (χ2v) is 9.61. The maximum Gasteiger partial charge on any atom is 0.573 e. The van der Waals surface area contributed by atoms with Crippen LogP contribution in [0.3, 0.4) is 0 Å². The van der Waals surface area contributed by atoms with E-state index in [0.29, 0.717) is 36.8 Å². The van der Waals surface area contributed by atoms with E-state index in [-0.39, 0.29) is 21.5 Å². The van der Waals surface area contributed by atoms with Gasteiger partial charge in [0.25, 0.3) is 5.91 Å². The number of carbonyl (C=O) groups excluding carboxylic acids is 2. The van der Waals surface area contributed by atoms with E-state index in [9.17, 15) is 22.8 Å². The summed E-state index contributed by atoms with van der Waals surface area (Å²) >= 11 is 0.707. The van der Waals surface area contributed by atoms with Crippen LogP contribution in [0.25, 0.3) is 0 Å². The molecule has 2 aromatic carbocycles. The van der Waals surface area contributed by atoms with E-state index < -0.39 is 30.0 Å². The molecule has 0 aromatic heterocycles. The normalized spacial score (nSPS) is 15.4. The van der Waals surface area contributed by atoms with Crippen LogP contribution in [0.5, 0.6) is 5.75 Å². The lowest BCUT2D eigenvalue weighted by Crippen LogP contribution is -2.52. The molecule has 0 saturated carbocycles. The Morgan fingerprint density at radius 2 is 1.71 bits per heavy atom. The lowest BCUT2D eigenvalue weighted by Gasteiger charge is -2.36. The fourth-order valence-electron chi connectivity index (χ4n) is 3.89. The lowest BCUT2D eigenvalue weighted by molar-refractivity contribution is -0.274. The maximum absolute atomic E-state index is 13.1. The first-order valence-corrected chi connectivity index (χ1v) is 12.6. The number of hydrogen-bond donors (Lipinski definition) is 4. The van der Waals surface area contributed by atoms with Gasteiger partial charge >= 0.3 is 6.36 Å². The minimum atomic E-state index is -5.01. The molecule has 0 spiro atoms. The smallest absolute Gasteiger partial charge is 0.404 e. The van der Waals surface area contributed by atoms with Crippen LogP contribution >= 0.6 is 11.8 Å². The molecular formula is C25H29F3N6O3S. The van der Waals surface area contributed by atoms with E-state index in [4.69, 9.17) is 10.8 Å². The van der Waals surface area contributed by atoms with Crippen molar-refractivity contribution in [2.75, 3.05) is 38.5 Å². The van der Waals surface area contributed by atoms with E-state index in [1.54, 1.807) is 30.3 Å². The van der Waals surface area contributed by atoms with Crippen molar-refractivity contribution in [3.05, 3.63) is 59.7 Å². The van der Waals surface area contributed by atoms with Crippen LogP contribution in [0.4, 0.5) is 18.9 Å². The highest BCUT2D eigenvalue weighted by atomic mass is 32.2. The third kappa shape index (κ3) is 8.30. The SMILES string of the molecule is CC[C@H](C(=O)Nc1cc(C(=O)NC(=N)SC(=N)c2ccccc2)ccc1OC(F)(F)F)N1CCN(C)CC1. The van der Waals surface area contributed by atoms with Gasteiger partial charge in [0.15, 0.2) is 10.9 Å². The van der Waals surface area contributed by atoms with Gasteiger partial charge in [-0.2, -0.15) is 0 Å². The highest BCUT2D eigenvalue weighted by Gasteiger charge is 2.33. The number of ether oxygens (including phenoxy) is 1. The Morgan fingerprint density at radius 3 is 2.32 bits per heavy atom. The topological polar surface area (TPSA) is 122 Å². The van der Waals surface area contributed by atoms with Gasteiger partial charge < -0.3 is 20.3 Å². The van der Waals surface area contributed by atoms with Crippen molar-refractivity contribution in [1.82, 2.24) is 15.1 Å². The number of carbonyl (C=O) groups is 2. The molecule has 204 valence electrons. The number of anilines is 1.